The van der Waals surface area contributed by atoms with E-state index in [1.54, 1.807) is 6.92 Å². The molecule has 0 aromatic rings. The summed E-state index contributed by atoms with van der Waals surface area (Å²) in [5.41, 5.74) is 5.99. The lowest BCUT2D eigenvalue weighted by atomic mass is 9.95. The Bertz CT molecular complexity index is 809. The first-order valence-electron chi connectivity index (χ1n) is 10.9. The highest BCUT2D eigenvalue weighted by Gasteiger charge is 2.16. The lowest BCUT2D eigenvalue weighted by Crippen LogP contribution is -2.11. The van der Waals surface area contributed by atoms with Crippen LogP contribution in [0.25, 0.3) is 0 Å². The van der Waals surface area contributed by atoms with E-state index < -0.39 is 6.10 Å². The Balaban J connectivity index is 2.44. The fourth-order valence-electron chi connectivity index (χ4n) is 3.27. The van der Waals surface area contributed by atoms with Crippen LogP contribution in [0.1, 0.15) is 80.1 Å². The van der Waals surface area contributed by atoms with Crippen LogP contribution in [-0.2, 0) is 9.59 Å². The molecule has 0 spiro atoms. The first-order valence-corrected chi connectivity index (χ1v) is 10.9. The van der Waals surface area contributed by atoms with E-state index in [1.165, 1.54) is 34.4 Å². The second-order valence-electron chi connectivity index (χ2n) is 8.67. The summed E-state index contributed by atoms with van der Waals surface area (Å²) in [7, 11) is 0. The summed E-state index contributed by atoms with van der Waals surface area (Å²) in [5, 5.41) is 10.3. The minimum absolute atomic E-state index is 0.0647. The van der Waals surface area contributed by atoms with Gasteiger partial charge in [-0.3, -0.25) is 9.59 Å². The molecule has 0 amide bonds. The van der Waals surface area contributed by atoms with Gasteiger partial charge in [0, 0.05) is 11.1 Å². The summed E-state index contributed by atoms with van der Waals surface area (Å²) in [6.45, 7) is 12.1. The van der Waals surface area contributed by atoms with Crippen LogP contribution in [0.15, 0.2) is 69.9 Å². The molecule has 30 heavy (non-hydrogen) atoms. The molecule has 0 heterocycles. The highest BCUT2D eigenvalue weighted by atomic mass is 16.3. The molecule has 1 atom stereocenters. The highest BCUT2D eigenvalue weighted by Crippen LogP contribution is 2.18. The van der Waals surface area contributed by atoms with E-state index in [4.69, 9.17) is 0 Å². The number of rotatable bonds is 11. The highest BCUT2D eigenvalue weighted by molar-refractivity contribution is 6.19. The van der Waals surface area contributed by atoms with Gasteiger partial charge in [0.25, 0.3) is 0 Å². The van der Waals surface area contributed by atoms with Gasteiger partial charge < -0.3 is 5.11 Å². The molecule has 0 fully saturated rings. The van der Waals surface area contributed by atoms with Gasteiger partial charge in [0.2, 0.25) is 0 Å². The Kier molecular flexibility index (Phi) is 11.3. The van der Waals surface area contributed by atoms with Crippen LogP contribution in [0.4, 0.5) is 0 Å². The molecule has 1 aliphatic rings. The summed E-state index contributed by atoms with van der Waals surface area (Å²) in [6, 6.07) is 0. The maximum Gasteiger partial charge on any atom is 0.182 e. The fraction of sp³-hybridized carbons (Fsp3) is 0.481. The predicted octanol–water partition coefficient (Wildman–Crippen LogP) is 6.52. The number of carbonyl (C=O) groups excluding carboxylic acids is 2. The molecule has 1 unspecified atom stereocenters. The van der Waals surface area contributed by atoms with E-state index in [0.717, 1.165) is 25.7 Å². The van der Waals surface area contributed by atoms with E-state index in [1.807, 2.05) is 19.1 Å². The number of carbonyl (C=O) groups is 2. The van der Waals surface area contributed by atoms with Crippen molar-refractivity contribution in [2.45, 2.75) is 86.2 Å². The monoisotopic (exact) mass is 410 g/mol. The van der Waals surface area contributed by atoms with Crippen molar-refractivity contribution in [2.75, 3.05) is 0 Å². The van der Waals surface area contributed by atoms with Crippen molar-refractivity contribution in [3.05, 3.63) is 69.9 Å². The maximum absolute atomic E-state index is 12.0. The molecule has 3 heteroatoms. The van der Waals surface area contributed by atoms with Gasteiger partial charge in [-0.1, -0.05) is 46.6 Å². The van der Waals surface area contributed by atoms with Crippen molar-refractivity contribution in [3.63, 3.8) is 0 Å². The minimum atomic E-state index is -0.442. The average Bonchev–Trinajstić information content (AvgIpc) is 2.63. The summed E-state index contributed by atoms with van der Waals surface area (Å²) < 4.78 is 0. The molecule has 0 radical (unpaired) electrons. The third-order valence-electron chi connectivity index (χ3n) is 5.16. The molecule has 1 N–H and O–H groups in total. The van der Waals surface area contributed by atoms with E-state index in [2.05, 4.69) is 39.8 Å². The molecule has 0 saturated carbocycles. The van der Waals surface area contributed by atoms with E-state index in [0.29, 0.717) is 24.0 Å². The van der Waals surface area contributed by atoms with Crippen molar-refractivity contribution >= 4 is 11.6 Å². The molecule has 0 saturated heterocycles. The molecule has 0 aliphatic heterocycles. The van der Waals surface area contributed by atoms with Gasteiger partial charge in [0.1, 0.15) is 0 Å². The van der Waals surface area contributed by atoms with E-state index >= 15 is 0 Å². The standard InChI is InChI=1S/C27H38O3/c1-19(2)9-7-11-21(4)15-25(28)16-22(5)12-8-10-20(3)13-14-24-18-26(29)23(6)17-27(24)30/h9,12-13,15,17-18,25,28H,7-8,10-11,14,16H2,1-6H3. The zero-order chi connectivity index (χ0) is 22.7. The topological polar surface area (TPSA) is 54.4 Å². The minimum Gasteiger partial charge on any atom is -0.389 e. The van der Waals surface area contributed by atoms with Crippen LogP contribution in [0.2, 0.25) is 0 Å². The van der Waals surface area contributed by atoms with Crippen LogP contribution in [0.3, 0.4) is 0 Å². The van der Waals surface area contributed by atoms with Gasteiger partial charge in [0.05, 0.1) is 6.10 Å². The second kappa shape index (κ2) is 13.1. The van der Waals surface area contributed by atoms with Crippen molar-refractivity contribution in [1.29, 1.82) is 0 Å². The lowest BCUT2D eigenvalue weighted by Gasteiger charge is -2.09. The zero-order valence-electron chi connectivity index (χ0n) is 19.5. The Morgan fingerprint density at radius 1 is 0.867 bits per heavy atom. The summed E-state index contributed by atoms with van der Waals surface area (Å²) in [4.78, 5) is 23.7. The number of aliphatic hydroxyl groups is 1. The maximum atomic E-state index is 12.0. The smallest absolute Gasteiger partial charge is 0.182 e. The largest absolute Gasteiger partial charge is 0.389 e. The predicted molar refractivity (Wildman–Crippen MR) is 126 cm³/mol. The Labute approximate surface area is 182 Å². The second-order valence-corrected chi connectivity index (χ2v) is 8.67. The van der Waals surface area contributed by atoms with Crippen LogP contribution in [-0.4, -0.2) is 22.8 Å². The SMILES string of the molecule is CC(C)=CCCC(C)=CC(O)CC(C)=CCCC(C)=CCC1=CC(=O)C(C)=CC1=O. The van der Waals surface area contributed by atoms with E-state index in [9.17, 15) is 14.7 Å². The molecule has 3 nitrogen and oxygen atoms in total. The molecule has 0 aromatic carbocycles. The summed E-state index contributed by atoms with van der Waals surface area (Å²) >= 11 is 0. The van der Waals surface area contributed by atoms with Gasteiger partial charge in [-0.25, -0.2) is 0 Å². The van der Waals surface area contributed by atoms with Gasteiger partial charge in [-0.05, 0) is 92.2 Å². The molecule has 164 valence electrons. The quantitative estimate of drug-likeness (QED) is 0.312. The summed E-state index contributed by atoms with van der Waals surface area (Å²) in [5.74, 6) is -0.140. The van der Waals surface area contributed by atoms with E-state index in [-0.39, 0.29) is 11.6 Å². The molecular weight excluding hydrogens is 372 g/mol. The average molecular weight is 411 g/mol. The fourth-order valence-corrected chi connectivity index (χ4v) is 3.27. The van der Waals surface area contributed by atoms with Crippen LogP contribution < -0.4 is 0 Å². The number of hydrogen-bond acceptors (Lipinski definition) is 3. The van der Waals surface area contributed by atoms with Gasteiger partial charge in [0.15, 0.2) is 11.6 Å². The third kappa shape index (κ3) is 10.5. The number of aliphatic hydroxyl groups excluding tert-OH is 1. The van der Waals surface area contributed by atoms with Gasteiger partial charge >= 0.3 is 0 Å². The van der Waals surface area contributed by atoms with Crippen LogP contribution >= 0.6 is 0 Å². The molecule has 1 aliphatic carbocycles. The third-order valence-corrected chi connectivity index (χ3v) is 5.16. The van der Waals surface area contributed by atoms with Crippen molar-refractivity contribution in [3.8, 4) is 0 Å². The Hall–Kier alpha value is -2.26. The molecular formula is C27H38O3. The summed E-state index contributed by atoms with van der Waals surface area (Å²) in [6.07, 6.45) is 15.8. The molecule has 1 rings (SSSR count). The number of allylic oxidation sites excluding steroid dienone is 10. The first kappa shape index (κ1) is 25.8. The molecule has 0 bridgehead atoms. The van der Waals surface area contributed by atoms with Crippen molar-refractivity contribution < 1.29 is 14.7 Å². The number of ketones is 2. The van der Waals surface area contributed by atoms with Gasteiger partial charge in [-0.15, -0.1) is 0 Å². The van der Waals surface area contributed by atoms with Gasteiger partial charge in [-0.2, -0.15) is 0 Å². The van der Waals surface area contributed by atoms with Crippen LogP contribution in [0.5, 0.6) is 0 Å². The Morgan fingerprint density at radius 3 is 2.17 bits per heavy atom. The lowest BCUT2D eigenvalue weighted by molar-refractivity contribution is -0.115. The number of hydrogen-bond donors (Lipinski definition) is 1. The van der Waals surface area contributed by atoms with Crippen molar-refractivity contribution in [2.24, 2.45) is 0 Å². The van der Waals surface area contributed by atoms with Crippen molar-refractivity contribution in [1.82, 2.24) is 0 Å². The van der Waals surface area contributed by atoms with Crippen LogP contribution in [0, 0.1) is 0 Å². The zero-order valence-corrected chi connectivity index (χ0v) is 19.5. The Morgan fingerprint density at radius 2 is 1.50 bits per heavy atom. The molecule has 0 aromatic heterocycles. The normalized spacial score (nSPS) is 17.0. The first-order chi connectivity index (χ1) is 14.1.